The Kier molecular flexibility index (Phi) is 6.83. The number of halogens is 1. The number of aryl methyl sites for hydroxylation is 2. The number of ether oxygens (including phenoxy) is 1. The number of benzene rings is 2. The van der Waals surface area contributed by atoms with Gasteiger partial charge in [0.1, 0.15) is 17.4 Å². The molecule has 0 aliphatic rings. The summed E-state index contributed by atoms with van der Waals surface area (Å²) in [5.74, 6) is 0.777. The number of nitrogens with one attached hydrogen (secondary N) is 1. The zero-order chi connectivity index (χ0) is 20.6. The van der Waals surface area contributed by atoms with Crippen molar-refractivity contribution in [2.24, 2.45) is 0 Å². The van der Waals surface area contributed by atoms with E-state index in [9.17, 15) is 4.79 Å². The number of anilines is 1. The summed E-state index contributed by atoms with van der Waals surface area (Å²) >= 11 is 5.88. The van der Waals surface area contributed by atoms with Crippen molar-refractivity contribution in [1.82, 2.24) is 4.98 Å². The van der Waals surface area contributed by atoms with Crippen LogP contribution < -0.4 is 10.1 Å². The van der Waals surface area contributed by atoms with Crippen molar-refractivity contribution in [3.8, 4) is 17.7 Å². The van der Waals surface area contributed by atoms with Gasteiger partial charge in [0.15, 0.2) is 0 Å². The highest BCUT2D eigenvalue weighted by atomic mass is 35.5. The normalized spacial score (nSPS) is 10.2. The maximum Gasteiger partial charge on any atom is 0.237 e. The van der Waals surface area contributed by atoms with E-state index >= 15 is 0 Å². The molecule has 0 saturated heterocycles. The summed E-state index contributed by atoms with van der Waals surface area (Å²) in [4.78, 5) is 16.3. The van der Waals surface area contributed by atoms with Crippen molar-refractivity contribution in [2.45, 2.75) is 26.2 Å². The van der Waals surface area contributed by atoms with Crippen LogP contribution in [0.4, 0.5) is 5.69 Å². The third-order valence-corrected chi connectivity index (χ3v) is 4.61. The number of rotatable bonds is 7. The number of hydrogen-bond donors (Lipinski definition) is 1. The van der Waals surface area contributed by atoms with Gasteiger partial charge in [-0.1, -0.05) is 23.7 Å². The van der Waals surface area contributed by atoms with Crippen molar-refractivity contribution < 1.29 is 9.53 Å². The quantitative estimate of drug-likeness (QED) is 0.549. The average molecular weight is 406 g/mol. The summed E-state index contributed by atoms with van der Waals surface area (Å²) in [5, 5.41) is 12.8. The van der Waals surface area contributed by atoms with Crippen LogP contribution in [-0.2, 0) is 11.2 Å². The molecular formula is C23H20ClN3O2. The second kappa shape index (κ2) is 9.72. The molecule has 3 rings (SSSR count). The first-order valence-corrected chi connectivity index (χ1v) is 9.61. The lowest BCUT2D eigenvalue weighted by atomic mass is 10.1. The highest BCUT2D eigenvalue weighted by Gasteiger charge is 2.09. The van der Waals surface area contributed by atoms with Crippen molar-refractivity contribution >= 4 is 23.2 Å². The monoisotopic (exact) mass is 405 g/mol. The minimum absolute atomic E-state index is 0.0350. The SMILES string of the molecule is Cc1cc(Oc2ncccc2C#N)ccc1NC(=O)CCCc1ccc(Cl)cc1. The Morgan fingerprint density at radius 3 is 2.72 bits per heavy atom. The molecule has 0 spiro atoms. The molecule has 0 unspecified atom stereocenters. The highest BCUT2D eigenvalue weighted by Crippen LogP contribution is 2.27. The maximum atomic E-state index is 12.3. The summed E-state index contributed by atoms with van der Waals surface area (Å²) in [5.41, 5.74) is 3.12. The first-order chi connectivity index (χ1) is 14.0. The molecule has 0 radical (unpaired) electrons. The van der Waals surface area contributed by atoms with E-state index in [-0.39, 0.29) is 11.8 Å². The molecule has 5 nitrogen and oxygen atoms in total. The van der Waals surface area contributed by atoms with E-state index < -0.39 is 0 Å². The topological polar surface area (TPSA) is 75.0 Å². The van der Waals surface area contributed by atoms with Crippen molar-refractivity contribution in [3.05, 3.63) is 82.5 Å². The van der Waals surface area contributed by atoms with E-state index in [0.717, 1.165) is 29.7 Å². The van der Waals surface area contributed by atoms with Gasteiger partial charge in [-0.3, -0.25) is 4.79 Å². The molecule has 1 aromatic heterocycles. The molecule has 29 heavy (non-hydrogen) atoms. The van der Waals surface area contributed by atoms with Crippen LogP contribution in [0.15, 0.2) is 60.8 Å². The van der Waals surface area contributed by atoms with Gasteiger partial charge in [0.05, 0.1) is 0 Å². The Hall–Kier alpha value is -3.36. The smallest absolute Gasteiger partial charge is 0.237 e. The van der Waals surface area contributed by atoms with Crippen LogP contribution >= 0.6 is 11.6 Å². The molecule has 6 heteroatoms. The van der Waals surface area contributed by atoms with Gasteiger partial charge in [-0.25, -0.2) is 4.98 Å². The van der Waals surface area contributed by atoms with Crippen LogP contribution in [0, 0.1) is 18.3 Å². The third-order valence-electron chi connectivity index (χ3n) is 4.36. The molecule has 0 aliphatic heterocycles. The first-order valence-electron chi connectivity index (χ1n) is 9.23. The average Bonchev–Trinajstić information content (AvgIpc) is 2.72. The Morgan fingerprint density at radius 2 is 2.00 bits per heavy atom. The predicted octanol–water partition coefficient (Wildman–Crippen LogP) is 5.67. The van der Waals surface area contributed by atoms with Crippen molar-refractivity contribution in [1.29, 1.82) is 5.26 Å². The summed E-state index contributed by atoms with van der Waals surface area (Å²) < 4.78 is 5.71. The fraction of sp³-hybridized carbons (Fsp3) is 0.174. The molecule has 0 saturated carbocycles. The molecule has 0 atom stereocenters. The van der Waals surface area contributed by atoms with Gasteiger partial charge < -0.3 is 10.1 Å². The Balaban J connectivity index is 1.55. The van der Waals surface area contributed by atoms with Gasteiger partial charge in [0.25, 0.3) is 0 Å². The number of amides is 1. The second-order valence-corrected chi connectivity index (χ2v) is 7.01. The maximum absolute atomic E-state index is 12.3. The standard InChI is InChI=1S/C23H20ClN3O2/c1-16-14-20(29-23-18(15-25)5-3-13-26-23)11-12-21(16)27-22(28)6-2-4-17-7-9-19(24)10-8-17/h3,5,7-14H,2,4,6H2,1H3,(H,27,28). The van der Waals surface area contributed by atoms with Crippen molar-refractivity contribution in [3.63, 3.8) is 0 Å². The van der Waals surface area contributed by atoms with E-state index in [4.69, 9.17) is 21.6 Å². The fourth-order valence-electron chi connectivity index (χ4n) is 2.83. The van der Waals surface area contributed by atoms with Crippen LogP contribution in [0.2, 0.25) is 5.02 Å². The summed E-state index contributed by atoms with van der Waals surface area (Å²) in [7, 11) is 0. The largest absolute Gasteiger partial charge is 0.438 e. The lowest BCUT2D eigenvalue weighted by Crippen LogP contribution is -2.12. The molecule has 1 heterocycles. The van der Waals surface area contributed by atoms with E-state index in [2.05, 4.69) is 16.4 Å². The number of aromatic nitrogens is 1. The van der Waals surface area contributed by atoms with Crippen LogP contribution in [0.25, 0.3) is 0 Å². The fourth-order valence-corrected chi connectivity index (χ4v) is 2.95. The van der Waals surface area contributed by atoms with Crippen LogP contribution in [0.3, 0.4) is 0 Å². The Labute approximate surface area is 174 Å². The van der Waals surface area contributed by atoms with Gasteiger partial charge in [-0.15, -0.1) is 0 Å². The van der Waals surface area contributed by atoms with Crippen LogP contribution in [0.5, 0.6) is 11.6 Å². The van der Waals surface area contributed by atoms with Crippen molar-refractivity contribution in [2.75, 3.05) is 5.32 Å². The summed E-state index contributed by atoms with van der Waals surface area (Å²) in [6, 6.07) is 18.4. The molecule has 0 aliphatic carbocycles. The van der Waals surface area contributed by atoms with Gasteiger partial charge in [0.2, 0.25) is 11.8 Å². The minimum Gasteiger partial charge on any atom is -0.438 e. The molecule has 0 bridgehead atoms. The zero-order valence-electron chi connectivity index (χ0n) is 16.0. The second-order valence-electron chi connectivity index (χ2n) is 6.57. The van der Waals surface area contributed by atoms with Gasteiger partial charge >= 0.3 is 0 Å². The molecule has 3 aromatic rings. The first kappa shape index (κ1) is 20.4. The van der Waals surface area contributed by atoms with Gasteiger partial charge in [0, 0.05) is 23.3 Å². The summed E-state index contributed by atoms with van der Waals surface area (Å²) in [6.07, 6.45) is 3.58. The van der Waals surface area contributed by atoms with E-state index in [0.29, 0.717) is 22.8 Å². The number of nitriles is 1. The highest BCUT2D eigenvalue weighted by molar-refractivity contribution is 6.30. The number of hydrogen-bond acceptors (Lipinski definition) is 4. The van der Waals surface area contributed by atoms with Gasteiger partial charge in [-0.2, -0.15) is 5.26 Å². The summed E-state index contributed by atoms with van der Waals surface area (Å²) in [6.45, 7) is 1.89. The van der Waals surface area contributed by atoms with Gasteiger partial charge in [-0.05, 0) is 73.4 Å². The number of carbonyl (C=O) groups excluding carboxylic acids is 1. The van der Waals surface area contributed by atoms with Crippen LogP contribution in [-0.4, -0.2) is 10.9 Å². The number of carbonyl (C=O) groups is 1. The lowest BCUT2D eigenvalue weighted by molar-refractivity contribution is -0.116. The number of nitrogens with zero attached hydrogens (tertiary/aromatic N) is 2. The lowest BCUT2D eigenvalue weighted by Gasteiger charge is -2.11. The molecule has 1 N–H and O–H groups in total. The Morgan fingerprint density at radius 1 is 1.21 bits per heavy atom. The van der Waals surface area contributed by atoms with E-state index in [1.54, 1.807) is 36.5 Å². The zero-order valence-corrected chi connectivity index (χ0v) is 16.7. The molecule has 146 valence electrons. The molecule has 2 aromatic carbocycles. The molecule has 0 fully saturated rings. The van der Waals surface area contributed by atoms with E-state index in [1.807, 2.05) is 31.2 Å². The molecule has 1 amide bonds. The third kappa shape index (κ3) is 5.81. The predicted molar refractivity (Wildman–Crippen MR) is 113 cm³/mol. The van der Waals surface area contributed by atoms with E-state index in [1.165, 1.54) is 0 Å². The Bertz CT molecular complexity index is 1040. The number of pyridine rings is 1. The van der Waals surface area contributed by atoms with Crippen LogP contribution in [0.1, 0.15) is 29.5 Å². The molecular weight excluding hydrogens is 386 g/mol. The minimum atomic E-state index is -0.0350.